The van der Waals surface area contributed by atoms with E-state index in [1.54, 1.807) is 114 Å². The fraction of sp³-hybridized carbons (Fsp3) is 0.549. The molecule has 0 bridgehead atoms. The molecule has 2 aliphatic rings. The second kappa shape index (κ2) is 38.3. The zero-order valence-electron chi connectivity index (χ0n) is 64.3. The van der Waals surface area contributed by atoms with Crippen LogP contribution in [0.2, 0.25) is 0 Å². The summed E-state index contributed by atoms with van der Waals surface area (Å²) in [4.78, 5) is 119. The Kier molecular flexibility index (Phi) is 30.3. The largest absolute Gasteiger partial charge is 0.494 e. The Morgan fingerprint density at radius 2 is 1.05 bits per heavy atom. The van der Waals surface area contributed by atoms with Crippen molar-refractivity contribution in [3.05, 3.63) is 161 Å². The maximum absolute atomic E-state index is 15.4. The average molecular weight is 1450 g/mol. The number of aromatic nitrogens is 1. The number of alkyl carbamates (subject to hydrolysis) is 2. The Morgan fingerprint density at radius 1 is 0.543 bits per heavy atom. The Morgan fingerprint density at radius 3 is 1.56 bits per heavy atom. The Balaban J connectivity index is 1.02. The number of amides is 4. The summed E-state index contributed by atoms with van der Waals surface area (Å²) < 4.78 is 47.1. The van der Waals surface area contributed by atoms with E-state index in [1.807, 2.05) is 118 Å². The Labute approximate surface area is 620 Å². The van der Waals surface area contributed by atoms with Crippen molar-refractivity contribution in [2.45, 2.75) is 245 Å². The molecule has 0 spiro atoms. The third-order valence-corrected chi connectivity index (χ3v) is 16.8. The fourth-order valence-corrected chi connectivity index (χ4v) is 12.3. The number of pyridine rings is 1. The average Bonchev–Trinajstić information content (AvgIpc) is 1.72. The summed E-state index contributed by atoms with van der Waals surface area (Å²) in [5, 5.41) is 11.9. The van der Waals surface area contributed by atoms with Crippen molar-refractivity contribution < 1.29 is 76.3 Å². The van der Waals surface area contributed by atoms with Crippen LogP contribution in [-0.2, 0) is 89.4 Å². The molecule has 4 aromatic carbocycles. The molecule has 7 rings (SSSR count). The number of piperazine rings is 1. The molecule has 1 aliphatic carbocycles. The summed E-state index contributed by atoms with van der Waals surface area (Å²) in [5.41, 5.74) is 1.51. The number of hydrogen-bond donors (Lipinski definition) is 4. The molecule has 4 N–H and O–H groups in total. The van der Waals surface area contributed by atoms with E-state index in [2.05, 4.69) is 36.1 Å². The zero-order chi connectivity index (χ0) is 76.7. The van der Waals surface area contributed by atoms with Crippen molar-refractivity contribution in [2.75, 3.05) is 39.4 Å². The molecular formula is C82H113N7O16. The van der Waals surface area contributed by atoms with E-state index in [0.29, 0.717) is 76.4 Å². The fourth-order valence-electron chi connectivity index (χ4n) is 12.3. The van der Waals surface area contributed by atoms with Crippen LogP contribution in [0.4, 0.5) is 9.59 Å². The van der Waals surface area contributed by atoms with Gasteiger partial charge in [0.05, 0.1) is 19.3 Å². The summed E-state index contributed by atoms with van der Waals surface area (Å²) in [7, 11) is 0. The number of benzene rings is 4. The first-order valence-electron chi connectivity index (χ1n) is 36.7. The minimum Gasteiger partial charge on any atom is -0.494 e. The molecule has 5 aromatic rings. The third kappa shape index (κ3) is 30.5. The minimum absolute atomic E-state index is 0.0457. The van der Waals surface area contributed by atoms with E-state index < -0.39 is 106 Å². The van der Waals surface area contributed by atoms with Crippen LogP contribution in [0, 0.1) is 5.92 Å². The van der Waals surface area contributed by atoms with Crippen LogP contribution in [0.5, 0.6) is 11.5 Å². The molecule has 0 unspecified atom stereocenters. The van der Waals surface area contributed by atoms with Crippen LogP contribution in [0.25, 0.3) is 0 Å². The smallest absolute Gasteiger partial charge is 0.408 e. The molecule has 105 heavy (non-hydrogen) atoms. The van der Waals surface area contributed by atoms with Crippen LogP contribution in [0.15, 0.2) is 128 Å². The van der Waals surface area contributed by atoms with Gasteiger partial charge in [-0.3, -0.25) is 34.0 Å². The lowest BCUT2D eigenvalue weighted by Gasteiger charge is -2.42. The van der Waals surface area contributed by atoms with Crippen molar-refractivity contribution in [3.63, 3.8) is 0 Å². The standard InChI is InChI=1S/C82H113N7O16/c1-78(2,3)87-73(93)67-54-88(52-58-28-25-41-83-51-58)42-43-89(67)53-63(100-69(90)31-21-23-44-98-61-37-33-56(34-38-61)47-65(74(94)102-79(4,5)6)84-76(96)104-81(10,11)12)49-60(46-55-26-17-16-18-27-55)72(92)86-71-64-30-20-19-29-59(64)50-68(71)101-70(91)32-22-24-45-99-62-39-35-57(36-40-62)48-66(75(95)103-80(7,8)9)85-77(97)105-82(13,14)15/h16-20,25-30,33-41,51,60,63,65-68,71H,21-24,31-32,42-50,52-54H2,1-15H3,(H,84,96)(H,85,97)(H,86,92)(H,87,93)/t60-,63+,65+,66+,67+,68-,71+/m1/s1. The number of unbranched alkanes of at least 4 members (excludes halogenated alkanes) is 2. The molecule has 1 aliphatic heterocycles. The van der Waals surface area contributed by atoms with E-state index >= 15 is 4.79 Å². The molecule has 7 atom stereocenters. The zero-order valence-corrected chi connectivity index (χ0v) is 64.3. The van der Waals surface area contributed by atoms with Gasteiger partial charge in [0.2, 0.25) is 11.8 Å². The van der Waals surface area contributed by atoms with Crippen LogP contribution in [0.3, 0.4) is 0 Å². The quantitative estimate of drug-likeness (QED) is 0.0173. The summed E-state index contributed by atoms with van der Waals surface area (Å²) in [5.74, 6) is -2.18. The first-order valence-corrected chi connectivity index (χ1v) is 36.7. The number of fused-ring (bicyclic) bond motifs is 1. The lowest BCUT2D eigenvalue weighted by molar-refractivity contribution is -0.158. The Hall–Kier alpha value is -9.09. The number of rotatable bonds is 33. The lowest BCUT2D eigenvalue weighted by atomic mass is 9.91. The van der Waals surface area contributed by atoms with Gasteiger partial charge in [0.15, 0.2) is 0 Å². The van der Waals surface area contributed by atoms with Gasteiger partial charge in [0.1, 0.15) is 64.2 Å². The minimum atomic E-state index is -1.01. The summed E-state index contributed by atoms with van der Waals surface area (Å²) in [6.07, 6.45) is 3.60. The van der Waals surface area contributed by atoms with Gasteiger partial charge in [-0.2, -0.15) is 0 Å². The monoisotopic (exact) mass is 1450 g/mol. The number of carbonyl (C=O) groups is 8. The number of nitrogens with one attached hydrogen (secondary N) is 4. The molecule has 1 saturated heterocycles. The summed E-state index contributed by atoms with van der Waals surface area (Å²) in [6.45, 7) is 29.5. The number of ether oxygens (including phenoxy) is 8. The highest BCUT2D eigenvalue weighted by molar-refractivity contribution is 5.84. The van der Waals surface area contributed by atoms with E-state index in [0.717, 1.165) is 33.4 Å². The Bertz CT molecular complexity index is 3630. The van der Waals surface area contributed by atoms with E-state index in [4.69, 9.17) is 37.9 Å². The second-order valence-corrected chi connectivity index (χ2v) is 32.3. The van der Waals surface area contributed by atoms with E-state index in [-0.39, 0.29) is 63.5 Å². The number of nitrogens with zero attached hydrogens (tertiary/aromatic N) is 3. The molecule has 1 aromatic heterocycles. The van der Waals surface area contributed by atoms with Crippen molar-refractivity contribution in [1.29, 1.82) is 0 Å². The number of hydrogen-bond acceptors (Lipinski definition) is 19. The maximum Gasteiger partial charge on any atom is 0.408 e. The maximum atomic E-state index is 15.4. The SMILES string of the molecule is CC(C)(C)NC(=O)[C@@H]1CN(Cc2cccnc2)CCN1C[C@H](C[C@@H](Cc1ccccc1)C(=O)N[C@H]1c2ccccc2C[C@H]1OC(=O)CCCCOc1ccc(C[C@H](NC(=O)OC(C)(C)C)C(=O)OC(C)(C)C)cc1)OC(=O)CCCCOc1ccc(C[C@H](NC(=O)OC(C)(C)C)C(=O)OC(C)(C)C)cc1. The molecule has 572 valence electrons. The highest BCUT2D eigenvalue weighted by Crippen LogP contribution is 2.35. The van der Waals surface area contributed by atoms with Crippen molar-refractivity contribution in [3.8, 4) is 11.5 Å². The van der Waals surface area contributed by atoms with Gasteiger partial charge in [0, 0.05) is 88.7 Å². The van der Waals surface area contributed by atoms with E-state index in [9.17, 15) is 33.6 Å². The summed E-state index contributed by atoms with van der Waals surface area (Å²) in [6, 6.07) is 32.3. The van der Waals surface area contributed by atoms with Crippen molar-refractivity contribution >= 4 is 47.9 Å². The van der Waals surface area contributed by atoms with Gasteiger partial charge in [-0.1, -0.05) is 84.9 Å². The van der Waals surface area contributed by atoms with Crippen molar-refractivity contribution in [1.82, 2.24) is 36.1 Å². The van der Waals surface area contributed by atoms with Gasteiger partial charge in [-0.05, 0) is 206 Å². The molecule has 4 amide bonds. The topological polar surface area (TPSA) is 278 Å². The van der Waals surface area contributed by atoms with Gasteiger partial charge in [-0.25, -0.2) is 19.2 Å². The number of esters is 4. The summed E-state index contributed by atoms with van der Waals surface area (Å²) >= 11 is 0. The molecular weight excluding hydrogens is 1340 g/mol. The molecule has 2 heterocycles. The van der Waals surface area contributed by atoms with Crippen LogP contribution in [-0.4, -0.2) is 160 Å². The third-order valence-electron chi connectivity index (χ3n) is 16.8. The molecule has 0 saturated carbocycles. The van der Waals surface area contributed by atoms with Crippen LogP contribution >= 0.6 is 0 Å². The predicted octanol–water partition coefficient (Wildman–Crippen LogP) is 12.0. The normalized spacial score (nSPS) is 16.9. The highest BCUT2D eigenvalue weighted by Gasteiger charge is 2.41. The van der Waals surface area contributed by atoms with Crippen LogP contribution in [0.1, 0.15) is 188 Å². The molecule has 23 heteroatoms. The van der Waals surface area contributed by atoms with Gasteiger partial charge < -0.3 is 59.2 Å². The van der Waals surface area contributed by atoms with Gasteiger partial charge >= 0.3 is 36.1 Å². The predicted molar refractivity (Wildman–Crippen MR) is 399 cm³/mol. The molecule has 0 radical (unpaired) electrons. The van der Waals surface area contributed by atoms with Crippen LogP contribution < -0.4 is 30.7 Å². The van der Waals surface area contributed by atoms with Gasteiger partial charge in [0.25, 0.3) is 0 Å². The molecule has 23 nitrogen and oxygen atoms in total. The first kappa shape index (κ1) is 83.2. The lowest BCUT2D eigenvalue weighted by Crippen LogP contribution is -2.62. The van der Waals surface area contributed by atoms with Gasteiger partial charge in [-0.15, -0.1) is 0 Å². The van der Waals surface area contributed by atoms with Crippen molar-refractivity contribution in [2.24, 2.45) is 5.92 Å². The molecule has 1 fully saturated rings. The highest BCUT2D eigenvalue weighted by atomic mass is 16.6. The van der Waals surface area contributed by atoms with E-state index in [1.165, 1.54) is 0 Å². The number of carbonyl (C=O) groups excluding carboxylic acids is 8. The second-order valence-electron chi connectivity index (χ2n) is 32.3. The first-order chi connectivity index (χ1) is 49.4.